The van der Waals surface area contributed by atoms with Gasteiger partial charge < -0.3 is 5.32 Å². The highest BCUT2D eigenvalue weighted by atomic mass is 32.1. The lowest BCUT2D eigenvalue weighted by Gasteiger charge is -1.97. The summed E-state index contributed by atoms with van der Waals surface area (Å²) in [6.45, 7) is 3.81. The van der Waals surface area contributed by atoms with Gasteiger partial charge in [-0.3, -0.25) is 0 Å². The molecule has 0 radical (unpaired) electrons. The average Bonchev–Trinajstić information content (AvgIpc) is 2.78. The van der Waals surface area contributed by atoms with E-state index in [0.717, 1.165) is 35.1 Å². The van der Waals surface area contributed by atoms with Crippen molar-refractivity contribution >= 4 is 11.3 Å². The second-order valence-corrected chi connectivity index (χ2v) is 4.75. The molecule has 90 valence electrons. The maximum absolute atomic E-state index is 13.1. The molecule has 0 atom stereocenters. The number of halogens is 1. The average molecular weight is 251 g/mol. The predicted octanol–water partition coefficient (Wildman–Crippen LogP) is 2.84. The second kappa shape index (κ2) is 5.84. The Balaban J connectivity index is 2.07. The van der Waals surface area contributed by atoms with Crippen LogP contribution in [0.3, 0.4) is 0 Å². The fourth-order valence-corrected chi connectivity index (χ4v) is 2.24. The molecule has 0 amide bonds. The van der Waals surface area contributed by atoms with Crippen LogP contribution < -0.4 is 5.32 Å². The Kier molecular flexibility index (Phi) is 4.17. The minimum atomic E-state index is -0.247. The molecule has 3 nitrogen and oxygen atoms in total. The molecule has 0 aliphatic rings. The van der Waals surface area contributed by atoms with E-state index in [4.69, 9.17) is 0 Å². The normalized spacial score (nSPS) is 10.7. The zero-order valence-corrected chi connectivity index (χ0v) is 10.4. The largest absolute Gasteiger partial charge is 0.310 e. The molecule has 0 aliphatic carbocycles. The van der Waals surface area contributed by atoms with Gasteiger partial charge in [-0.25, -0.2) is 4.39 Å². The van der Waals surface area contributed by atoms with E-state index in [1.54, 1.807) is 6.07 Å². The Morgan fingerprint density at radius 3 is 3.00 bits per heavy atom. The van der Waals surface area contributed by atoms with Crippen LogP contribution in [0.4, 0.5) is 4.39 Å². The van der Waals surface area contributed by atoms with Gasteiger partial charge in [-0.1, -0.05) is 30.4 Å². The smallest absolute Gasteiger partial charge is 0.147 e. The van der Waals surface area contributed by atoms with Gasteiger partial charge in [0.25, 0.3) is 0 Å². The van der Waals surface area contributed by atoms with Crippen molar-refractivity contribution in [1.29, 1.82) is 0 Å². The van der Waals surface area contributed by atoms with Crippen molar-refractivity contribution in [3.8, 4) is 10.6 Å². The topological polar surface area (TPSA) is 37.8 Å². The summed E-state index contributed by atoms with van der Waals surface area (Å²) in [6, 6.07) is 6.42. The van der Waals surface area contributed by atoms with Crippen LogP contribution in [-0.4, -0.2) is 16.7 Å². The lowest BCUT2D eigenvalue weighted by atomic mass is 10.2. The van der Waals surface area contributed by atoms with Crippen LogP contribution in [0.15, 0.2) is 24.3 Å². The zero-order valence-electron chi connectivity index (χ0n) is 9.61. The highest BCUT2D eigenvalue weighted by molar-refractivity contribution is 7.14. The Bertz CT molecular complexity index is 484. The van der Waals surface area contributed by atoms with E-state index in [2.05, 4.69) is 22.4 Å². The first kappa shape index (κ1) is 12.1. The van der Waals surface area contributed by atoms with Crippen LogP contribution in [-0.2, 0) is 6.54 Å². The van der Waals surface area contributed by atoms with E-state index in [0.29, 0.717) is 0 Å². The molecule has 1 aromatic heterocycles. The predicted molar refractivity (Wildman–Crippen MR) is 67.3 cm³/mol. The summed E-state index contributed by atoms with van der Waals surface area (Å²) < 4.78 is 13.1. The van der Waals surface area contributed by atoms with E-state index >= 15 is 0 Å². The number of hydrogen-bond donors (Lipinski definition) is 1. The Hall–Kier alpha value is -1.33. The highest BCUT2D eigenvalue weighted by Gasteiger charge is 2.06. The molecule has 1 heterocycles. The standard InChI is InChI=1S/C12H14FN3S/c1-2-6-14-8-11-15-16-12(17-11)9-4-3-5-10(13)7-9/h3-5,7,14H,2,6,8H2,1H3. The molecule has 17 heavy (non-hydrogen) atoms. The van der Waals surface area contributed by atoms with Gasteiger partial charge in [0.2, 0.25) is 0 Å². The van der Waals surface area contributed by atoms with Crippen molar-refractivity contribution in [2.24, 2.45) is 0 Å². The number of nitrogens with zero attached hydrogens (tertiary/aromatic N) is 2. The van der Waals surface area contributed by atoms with Crippen LogP contribution in [0.2, 0.25) is 0 Å². The third-order valence-electron chi connectivity index (χ3n) is 2.24. The summed E-state index contributed by atoms with van der Waals surface area (Å²) in [6.07, 6.45) is 1.09. The molecular weight excluding hydrogens is 237 g/mol. The molecule has 2 aromatic rings. The van der Waals surface area contributed by atoms with Gasteiger partial charge in [0, 0.05) is 12.1 Å². The fraction of sp³-hybridized carbons (Fsp3) is 0.333. The van der Waals surface area contributed by atoms with Crippen molar-refractivity contribution in [2.45, 2.75) is 19.9 Å². The van der Waals surface area contributed by atoms with Gasteiger partial charge in [-0.05, 0) is 25.1 Å². The summed E-state index contributed by atoms with van der Waals surface area (Å²) in [7, 11) is 0. The van der Waals surface area contributed by atoms with E-state index in [1.807, 2.05) is 6.07 Å². The van der Waals surface area contributed by atoms with Gasteiger partial charge >= 0.3 is 0 Å². The van der Waals surface area contributed by atoms with Gasteiger partial charge in [-0.15, -0.1) is 10.2 Å². The van der Waals surface area contributed by atoms with Gasteiger partial charge in [0.05, 0.1) is 0 Å². The molecule has 1 N–H and O–H groups in total. The van der Waals surface area contributed by atoms with Gasteiger partial charge in [0.15, 0.2) is 0 Å². The summed E-state index contributed by atoms with van der Waals surface area (Å²) in [4.78, 5) is 0. The van der Waals surface area contributed by atoms with Crippen LogP contribution in [0.5, 0.6) is 0 Å². The van der Waals surface area contributed by atoms with E-state index in [1.165, 1.54) is 23.5 Å². The molecular formula is C12H14FN3S. The first-order valence-electron chi connectivity index (χ1n) is 5.58. The Morgan fingerprint density at radius 1 is 1.35 bits per heavy atom. The van der Waals surface area contributed by atoms with E-state index in [-0.39, 0.29) is 5.82 Å². The maximum Gasteiger partial charge on any atom is 0.147 e. The molecule has 0 saturated carbocycles. The number of aromatic nitrogens is 2. The molecule has 0 unspecified atom stereocenters. The Morgan fingerprint density at radius 2 is 2.24 bits per heavy atom. The first-order valence-corrected chi connectivity index (χ1v) is 6.40. The summed E-state index contributed by atoms with van der Waals surface area (Å²) in [5.41, 5.74) is 0.782. The van der Waals surface area contributed by atoms with E-state index in [9.17, 15) is 4.39 Å². The molecule has 1 aromatic carbocycles. The second-order valence-electron chi connectivity index (χ2n) is 3.69. The molecule has 0 aliphatic heterocycles. The molecule has 5 heteroatoms. The zero-order chi connectivity index (χ0) is 12.1. The van der Waals surface area contributed by atoms with Crippen LogP contribution in [0.1, 0.15) is 18.4 Å². The van der Waals surface area contributed by atoms with Crippen molar-refractivity contribution in [1.82, 2.24) is 15.5 Å². The third kappa shape index (κ3) is 3.31. The quantitative estimate of drug-likeness (QED) is 0.830. The molecule has 0 saturated heterocycles. The summed E-state index contributed by atoms with van der Waals surface area (Å²) in [5.74, 6) is -0.247. The van der Waals surface area contributed by atoms with Crippen molar-refractivity contribution in [2.75, 3.05) is 6.54 Å². The van der Waals surface area contributed by atoms with Crippen LogP contribution in [0.25, 0.3) is 10.6 Å². The van der Waals surface area contributed by atoms with Gasteiger partial charge in [-0.2, -0.15) is 0 Å². The minimum Gasteiger partial charge on any atom is -0.310 e. The van der Waals surface area contributed by atoms with Gasteiger partial charge in [0.1, 0.15) is 15.8 Å². The molecule has 2 rings (SSSR count). The number of rotatable bonds is 5. The monoisotopic (exact) mass is 251 g/mol. The highest BCUT2D eigenvalue weighted by Crippen LogP contribution is 2.23. The van der Waals surface area contributed by atoms with Crippen LogP contribution in [0, 0.1) is 5.82 Å². The van der Waals surface area contributed by atoms with Crippen molar-refractivity contribution < 1.29 is 4.39 Å². The minimum absolute atomic E-state index is 0.247. The first-order chi connectivity index (χ1) is 8.29. The maximum atomic E-state index is 13.1. The molecule has 0 bridgehead atoms. The molecule has 0 fully saturated rings. The third-order valence-corrected chi connectivity index (χ3v) is 3.21. The summed E-state index contributed by atoms with van der Waals surface area (Å²) in [5, 5.41) is 13.1. The Labute approximate surface area is 104 Å². The van der Waals surface area contributed by atoms with E-state index < -0.39 is 0 Å². The SMILES string of the molecule is CCCNCc1nnc(-c2cccc(F)c2)s1. The number of nitrogens with one attached hydrogen (secondary N) is 1. The summed E-state index contributed by atoms with van der Waals surface area (Å²) >= 11 is 1.49. The van der Waals surface area contributed by atoms with Crippen LogP contribution >= 0.6 is 11.3 Å². The number of hydrogen-bond acceptors (Lipinski definition) is 4. The lowest BCUT2D eigenvalue weighted by molar-refractivity contribution is 0.628. The fourth-order valence-electron chi connectivity index (χ4n) is 1.44. The molecule has 0 spiro atoms. The van der Waals surface area contributed by atoms with Crippen molar-refractivity contribution in [3.05, 3.63) is 35.1 Å². The lowest BCUT2D eigenvalue weighted by Crippen LogP contribution is -2.13. The number of benzene rings is 1. The van der Waals surface area contributed by atoms with Crippen molar-refractivity contribution in [3.63, 3.8) is 0 Å².